The van der Waals surface area contributed by atoms with Crippen molar-refractivity contribution in [1.29, 1.82) is 0 Å². The molecule has 3 rings (SSSR count). The maximum absolute atomic E-state index is 12.4. The lowest BCUT2D eigenvalue weighted by Crippen LogP contribution is -2.30. The molecule has 3 aromatic rings. The molecule has 1 N–H and O–H groups in total. The molecule has 0 aliphatic carbocycles. The Labute approximate surface area is 172 Å². The summed E-state index contributed by atoms with van der Waals surface area (Å²) in [6.07, 6.45) is 0.369. The van der Waals surface area contributed by atoms with E-state index in [4.69, 9.17) is 21.1 Å². The van der Waals surface area contributed by atoms with Gasteiger partial charge >= 0.3 is 5.97 Å². The van der Waals surface area contributed by atoms with Gasteiger partial charge in [-0.15, -0.1) is 0 Å². The van der Waals surface area contributed by atoms with Crippen molar-refractivity contribution in [2.45, 2.75) is 33.3 Å². The second-order valence-corrected chi connectivity index (χ2v) is 6.79. The SMILES string of the molecule is COc1ccc(NC(=O)[C@H](C)OC(=O)Cc2c(C)nc3ncnn3c2C)cc1Cl. The number of esters is 1. The van der Waals surface area contributed by atoms with Crippen molar-refractivity contribution in [3.8, 4) is 5.75 Å². The number of benzene rings is 1. The van der Waals surface area contributed by atoms with Crippen LogP contribution in [0.5, 0.6) is 5.75 Å². The molecule has 2 heterocycles. The van der Waals surface area contributed by atoms with Crippen LogP contribution in [0.25, 0.3) is 5.78 Å². The van der Waals surface area contributed by atoms with Crippen molar-refractivity contribution < 1.29 is 19.1 Å². The van der Waals surface area contributed by atoms with Crippen LogP contribution >= 0.6 is 11.6 Å². The van der Waals surface area contributed by atoms with Crippen LogP contribution in [-0.4, -0.2) is 44.7 Å². The van der Waals surface area contributed by atoms with Gasteiger partial charge in [0, 0.05) is 22.6 Å². The van der Waals surface area contributed by atoms with Gasteiger partial charge in [0.25, 0.3) is 11.7 Å². The zero-order chi connectivity index (χ0) is 21.1. The summed E-state index contributed by atoms with van der Waals surface area (Å²) in [4.78, 5) is 33.1. The first kappa shape index (κ1) is 20.5. The van der Waals surface area contributed by atoms with E-state index in [9.17, 15) is 9.59 Å². The fourth-order valence-corrected chi connectivity index (χ4v) is 3.09. The van der Waals surface area contributed by atoms with Crippen LogP contribution in [0.15, 0.2) is 24.5 Å². The predicted octanol–water partition coefficient (Wildman–Crippen LogP) is 2.52. The summed E-state index contributed by atoms with van der Waals surface area (Å²) in [5, 5.41) is 7.10. The number of anilines is 1. The van der Waals surface area contributed by atoms with E-state index in [1.807, 2.05) is 6.92 Å². The fraction of sp³-hybridized carbons (Fsp3) is 0.316. The molecule has 1 aromatic carbocycles. The Hall–Kier alpha value is -3.20. The van der Waals surface area contributed by atoms with E-state index in [1.54, 1.807) is 29.6 Å². The average Bonchev–Trinajstić information content (AvgIpc) is 3.13. The van der Waals surface area contributed by atoms with Gasteiger partial charge in [-0.05, 0) is 39.0 Å². The summed E-state index contributed by atoms with van der Waals surface area (Å²) in [7, 11) is 1.50. The maximum Gasteiger partial charge on any atom is 0.311 e. The Bertz CT molecular complexity index is 1080. The summed E-state index contributed by atoms with van der Waals surface area (Å²) < 4.78 is 11.9. The number of hydrogen-bond donors (Lipinski definition) is 1. The third-order valence-corrected chi connectivity index (χ3v) is 4.70. The highest BCUT2D eigenvalue weighted by Gasteiger charge is 2.21. The van der Waals surface area contributed by atoms with Crippen LogP contribution in [0.4, 0.5) is 5.69 Å². The molecule has 0 saturated heterocycles. The molecule has 0 fully saturated rings. The van der Waals surface area contributed by atoms with Gasteiger partial charge in [-0.1, -0.05) is 11.6 Å². The molecular weight excluding hydrogens is 398 g/mol. The first-order chi connectivity index (χ1) is 13.8. The summed E-state index contributed by atoms with van der Waals surface area (Å²) in [6, 6.07) is 4.83. The maximum atomic E-state index is 12.4. The monoisotopic (exact) mass is 417 g/mol. The van der Waals surface area contributed by atoms with Gasteiger partial charge < -0.3 is 14.8 Å². The highest BCUT2D eigenvalue weighted by Crippen LogP contribution is 2.27. The Morgan fingerprint density at radius 1 is 1.31 bits per heavy atom. The number of nitrogens with zero attached hydrogens (tertiary/aromatic N) is 4. The van der Waals surface area contributed by atoms with Crippen LogP contribution in [-0.2, 0) is 20.7 Å². The number of amides is 1. The van der Waals surface area contributed by atoms with E-state index in [0.717, 1.165) is 5.69 Å². The Morgan fingerprint density at radius 2 is 2.07 bits per heavy atom. The summed E-state index contributed by atoms with van der Waals surface area (Å²) in [6.45, 7) is 5.10. The first-order valence-corrected chi connectivity index (χ1v) is 9.17. The lowest BCUT2D eigenvalue weighted by atomic mass is 10.1. The van der Waals surface area contributed by atoms with Crippen LogP contribution < -0.4 is 10.1 Å². The zero-order valence-corrected chi connectivity index (χ0v) is 17.1. The minimum absolute atomic E-state index is 0.0353. The fourth-order valence-electron chi connectivity index (χ4n) is 2.84. The number of rotatable bonds is 6. The molecule has 0 aliphatic heterocycles. The lowest BCUT2D eigenvalue weighted by Gasteiger charge is -2.15. The predicted molar refractivity (Wildman–Crippen MR) is 106 cm³/mol. The Balaban J connectivity index is 1.64. The molecule has 0 unspecified atom stereocenters. The molecule has 0 radical (unpaired) electrons. The van der Waals surface area contributed by atoms with Gasteiger partial charge in [0.05, 0.1) is 18.6 Å². The number of aryl methyl sites for hydroxylation is 2. The van der Waals surface area contributed by atoms with Crippen LogP contribution in [0.3, 0.4) is 0 Å². The van der Waals surface area contributed by atoms with E-state index < -0.39 is 18.0 Å². The second kappa shape index (κ2) is 8.44. The number of carbonyl (C=O) groups excluding carboxylic acids is 2. The van der Waals surface area contributed by atoms with Crippen molar-refractivity contribution >= 4 is 34.9 Å². The van der Waals surface area contributed by atoms with Crippen LogP contribution in [0.2, 0.25) is 5.02 Å². The number of halogens is 1. The van der Waals surface area contributed by atoms with Gasteiger partial charge in [-0.25, -0.2) is 9.50 Å². The Morgan fingerprint density at radius 3 is 2.76 bits per heavy atom. The van der Waals surface area contributed by atoms with Gasteiger partial charge in [0.2, 0.25) is 0 Å². The number of ether oxygens (including phenoxy) is 2. The minimum atomic E-state index is -0.993. The van der Waals surface area contributed by atoms with Gasteiger partial charge in [-0.2, -0.15) is 10.1 Å². The number of nitrogens with one attached hydrogen (secondary N) is 1. The van der Waals surface area contributed by atoms with E-state index in [0.29, 0.717) is 33.5 Å². The molecule has 9 nitrogen and oxygen atoms in total. The lowest BCUT2D eigenvalue weighted by molar-refractivity contribution is -0.152. The van der Waals surface area contributed by atoms with Crippen molar-refractivity contribution in [2.75, 3.05) is 12.4 Å². The molecule has 0 spiro atoms. The third kappa shape index (κ3) is 4.45. The number of fused-ring (bicyclic) bond motifs is 1. The number of hydrogen-bond acceptors (Lipinski definition) is 7. The highest BCUT2D eigenvalue weighted by atomic mass is 35.5. The van der Waals surface area contributed by atoms with Gasteiger partial charge in [0.15, 0.2) is 6.10 Å². The molecule has 1 atom stereocenters. The van der Waals surface area contributed by atoms with E-state index in [2.05, 4.69) is 20.4 Å². The van der Waals surface area contributed by atoms with E-state index >= 15 is 0 Å². The summed E-state index contributed by atoms with van der Waals surface area (Å²) in [5.74, 6) is -0.0679. The van der Waals surface area contributed by atoms with Crippen molar-refractivity contribution in [2.24, 2.45) is 0 Å². The quantitative estimate of drug-likeness (QED) is 0.614. The minimum Gasteiger partial charge on any atom is -0.495 e. The van der Waals surface area contributed by atoms with Crippen molar-refractivity contribution in [1.82, 2.24) is 19.6 Å². The molecule has 2 aromatic heterocycles. The molecule has 0 aliphatic rings. The van der Waals surface area contributed by atoms with Crippen LogP contribution in [0.1, 0.15) is 23.9 Å². The number of aromatic nitrogens is 4. The molecular formula is C19H20ClN5O4. The third-order valence-electron chi connectivity index (χ3n) is 4.41. The van der Waals surface area contributed by atoms with Crippen molar-refractivity contribution in [3.63, 3.8) is 0 Å². The number of carbonyl (C=O) groups is 2. The molecule has 10 heteroatoms. The number of methoxy groups -OCH3 is 1. The van der Waals surface area contributed by atoms with Gasteiger partial charge in [-0.3, -0.25) is 9.59 Å². The largest absolute Gasteiger partial charge is 0.495 e. The smallest absolute Gasteiger partial charge is 0.311 e. The van der Waals surface area contributed by atoms with E-state index in [-0.39, 0.29) is 6.42 Å². The summed E-state index contributed by atoms with van der Waals surface area (Å²) in [5.41, 5.74) is 2.55. The normalized spacial score (nSPS) is 11.9. The first-order valence-electron chi connectivity index (χ1n) is 8.80. The topological polar surface area (TPSA) is 108 Å². The zero-order valence-electron chi connectivity index (χ0n) is 16.4. The second-order valence-electron chi connectivity index (χ2n) is 6.38. The average molecular weight is 418 g/mol. The highest BCUT2D eigenvalue weighted by molar-refractivity contribution is 6.32. The Kier molecular flexibility index (Phi) is 5.97. The molecule has 152 valence electrons. The van der Waals surface area contributed by atoms with E-state index in [1.165, 1.54) is 20.4 Å². The van der Waals surface area contributed by atoms with Crippen LogP contribution in [0, 0.1) is 13.8 Å². The summed E-state index contributed by atoms with van der Waals surface area (Å²) >= 11 is 6.05. The molecule has 0 saturated carbocycles. The molecule has 1 amide bonds. The van der Waals surface area contributed by atoms with Gasteiger partial charge in [0.1, 0.15) is 12.1 Å². The van der Waals surface area contributed by atoms with Crippen molar-refractivity contribution in [3.05, 3.63) is 46.5 Å². The molecule has 0 bridgehead atoms. The molecule has 29 heavy (non-hydrogen) atoms. The standard InChI is InChI=1S/C19H20ClN5O4/c1-10-14(11(2)25-19(23-10)21-9-22-25)8-17(26)29-12(3)18(27)24-13-5-6-16(28-4)15(20)7-13/h5-7,9,12H,8H2,1-4H3,(H,24,27)/t12-/m0/s1.